The second kappa shape index (κ2) is 6.72. The molecular weight excluding hydrogens is 210 g/mol. The molecule has 0 radical (unpaired) electrons. The third-order valence-electron chi connectivity index (χ3n) is 3.84. The van der Waals surface area contributed by atoms with E-state index in [1.54, 1.807) is 0 Å². The minimum absolute atomic E-state index is 0.389. The normalized spacial score (nSPS) is 18.4. The van der Waals surface area contributed by atoms with E-state index in [1.165, 1.54) is 44.1 Å². The maximum absolute atomic E-state index is 5.63. The first-order valence-electron chi connectivity index (χ1n) is 6.73. The van der Waals surface area contributed by atoms with E-state index in [4.69, 9.17) is 5.84 Å². The van der Waals surface area contributed by atoms with E-state index in [2.05, 4.69) is 16.5 Å². The van der Waals surface area contributed by atoms with Gasteiger partial charge in [0, 0.05) is 18.4 Å². The van der Waals surface area contributed by atoms with E-state index in [-0.39, 0.29) is 0 Å². The largest absolute Gasteiger partial charge is 0.271 e. The molecule has 3 nitrogen and oxygen atoms in total. The van der Waals surface area contributed by atoms with Crippen LogP contribution in [0.2, 0.25) is 0 Å². The van der Waals surface area contributed by atoms with Crippen molar-refractivity contribution < 1.29 is 0 Å². The Morgan fingerprint density at radius 3 is 2.88 bits per heavy atom. The first kappa shape index (κ1) is 12.5. The minimum atomic E-state index is 0.389. The van der Waals surface area contributed by atoms with Gasteiger partial charge >= 0.3 is 0 Å². The van der Waals surface area contributed by atoms with E-state index < -0.39 is 0 Å². The van der Waals surface area contributed by atoms with Gasteiger partial charge in [-0.3, -0.25) is 16.3 Å². The van der Waals surface area contributed by atoms with Gasteiger partial charge in [-0.25, -0.2) is 0 Å². The zero-order valence-electron chi connectivity index (χ0n) is 10.4. The molecule has 3 heteroatoms. The number of nitrogens with two attached hydrogens (primary N) is 1. The van der Waals surface area contributed by atoms with Gasteiger partial charge in [0.05, 0.1) is 0 Å². The number of aromatic nitrogens is 1. The van der Waals surface area contributed by atoms with Crippen molar-refractivity contribution >= 4 is 0 Å². The molecule has 0 saturated heterocycles. The summed E-state index contributed by atoms with van der Waals surface area (Å²) in [5, 5.41) is 0. The third-order valence-corrected chi connectivity index (χ3v) is 3.84. The zero-order valence-corrected chi connectivity index (χ0v) is 10.4. The lowest BCUT2D eigenvalue weighted by Gasteiger charge is -2.18. The highest BCUT2D eigenvalue weighted by Crippen LogP contribution is 2.29. The molecule has 1 aromatic rings. The molecule has 1 aliphatic carbocycles. The van der Waals surface area contributed by atoms with Crippen LogP contribution in [-0.2, 0) is 6.42 Å². The van der Waals surface area contributed by atoms with Crippen molar-refractivity contribution in [3.05, 3.63) is 30.1 Å². The molecule has 0 amide bonds. The fourth-order valence-electron chi connectivity index (χ4n) is 2.78. The molecule has 1 saturated carbocycles. The molecule has 3 N–H and O–H groups in total. The van der Waals surface area contributed by atoms with Crippen LogP contribution >= 0.6 is 0 Å². The van der Waals surface area contributed by atoms with Crippen LogP contribution < -0.4 is 11.3 Å². The molecule has 0 spiro atoms. The van der Waals surface area contributed by atoms with Crippen molar-refractivity contribution in [3.8, 4) is 0 Å². The van der Waals surface area contributed by atoms with Crippen LogP contribution in [0.3, 0.4) is 0 Å². The monoisotopic (exact) mass is 233 g/mol. The predicted octanol–water partition coefficient (Wildman–Crippen LogP) is 2.43. The summed E-state index contributed by atoms with van der Waals surface area (Å²) in [6, 6.07) is 4.49. The Kier molecular flexibility index (Phi) is 4.95. The first-order valence-corrected chi connectivity index (χ1v) is 6.73. The highest BCUT2D eigenvalue weighted by atomic mass is 15.2. The van der Waals surface area contributed by atoms with Crippen molar-refractivity contribution in [3.63, 3.8) is 0 Å². The van der Waals surface area contributed by atoms with Crippen molar-refractivity contribution in [2.45, 2.75) is 51.0 Å². The summed E-state index contributed by atoms with van der Waals surface area (Å²) >= 11 is 0. The highest BCUT2D eigenvalue weighted by Gasteiger charge is 2.17. The summed E-state index contributed by atoms with van der Waals surface area (Å²) < 4.78 is 0. The third kappa shape index (κ3) is 4.10. The van der Waals surface area contributed by atoms with Crippen LogP contribution in [0.4, 0.5) is 0 Å². The van der Waals surface area contributed by atoms with E-state index in [0.717, 1.165) is 12.3 Å². The molecule has 2 rings (SSSR count). The summed E-state index contributed by atoms with van der Waals surface area (Å²) in [7, 11) is 0. The molecule has 0 aromatic carbocycles. The summed E-state index contributed by atoms with van der Waals surface area (Å²) in [5.74, 6) is 6.58. The molecule has 94 valence electrons. The zero-order chi connectivity index (χ0) is 11.9. The number of pyridine rings is 1. The lowest BCUT2D eigenvalue weighted by molar-refractivity contribution is 0.407. The van der Waals surface area contributed by atoms with E-state index in [1.807, 2.05) is 18.5 Å². The maximum atomic E-state index is 5.63. The molecule has 1 heterocycles. The number of nitrogens with zero attached hydrogens (tertiary/aromatic N) is 1. The molecule has 0 bridgehead atoms. The molecule has 1 aromatic heterocycles. The Morgan fingerprint density at radius 1 is 1.41 bits per heavy atom. The standard InChI is InChI=1S/C14H23N3/c15-17-14(8-7-12-4-1-2-5-12)10-13-6-3-9-16-11-13/h3,6,9,11-12,14,17H,1-2,4-5,7-8,10,15H2. The molecule has 0 aliphatic heterocycles. The van der Waals surface area contributed by atoms with Gasteiger partial charge in [-0.1, -0.05) is 31.7 Å². The molecule has 17 heavy (non-hydrogen) atoms. The topological polar surface area (TPSA) is 50.9 Å². The quantitative estimate of drug-likeness (QED) is 0.586. The number of hydrazine groups is 1. The second-order valence-electron chi connectivity index (χ2n) is 5.16. The SMILES string of the molecule is NNC(CCC1CCCC1)Cc1cccnc1. The van der Waals surface area contributed by atoms with Gasteiger partial charge in [0.15, 0.2) is 0 Å². The van der Waals surface area contributed by atoms with Crippen LogP contribution in [0.1, 0.15) is 44.1 Å². The fraction of sp³-hybridized carbons (Fsp3) is 0.643. The predicted molar refractivity (Wildman–Crippen MR) is 70.2 cm³/mol. The van der Waals surface area contributed by atoms with Gasteiger partial charge in [-0.2, -0.15) is 0 Å². The second-order valence-corrected chi connectivity index (χ2v) is 5.16. The van der Waals surface area contributed by atoms with Crippen molar-refractivity contribution in [2.75, 3.05) is 0 Å². The molecular formula is C14H23N3. The Bertz CT molecular complexity index is 307. The Balaban J connectivity index is 1.76. The fourth-order valence-corrected chi connectivity index (χ4v) is 2.78. The van der Waals surface area contributed by atoms with Crippen LogP contribution in [0.25, 0.3) is 0 Å². The summed E-state index contributed by atoms with van der Waals surface area (Å²) in [5.41, 5.74) is 4.21. The van der Waals surface area contributed by atoms with Gasteiger partial charge in [-0.15, -0.1) is 0 Å². The lowest BCUT2D eigenvalue weighted by atomic mass is 9.96. The highest BCUT2D eigenvalue weighted by molar-refractivity contribution is 5.10. The summed E-state index contributed by atoms with van der Waals surface area (Å²) in [6.07, 6.45) is 12.9. The smallest absolute Gasteiger partial charge is 0.0300 e. The van der Waals surface area contributed by atoms with Gasteiger partial charge < -0.3 is 0 Å². The lowest BCUT2D eigenvalue weighted by Crippen LogP contribution is -2.37. The average Bonchev–Trinajstić information content (AvgIpc) is 2.89. The van der Waals surface area contributed by atoms with E-state index in [9.17, 15) is 0 Å². The van der Waals surface area contributed by atoms with Crippen molar-refractivity contribution in [1.29, 1.82) is 0 Å². The van der Waals surface area contributed by atoms with Gasteiger partial charge in [0.2, 0.25) is 0 Å². The van der Waals surface area contributed by atoms with E-state index in [0.29, 0.717) is 6.04 Å². The number of nitrogens with one attached hydrogen (secondary N) is 1. The van der Waals surface area contributed by atoms with Gasteiger partial charge in [-0.05, 0) is 36.8 Å². The number of rotatable bonds is 6. The summed E-state index contributed by atoms with van der Waals surface area (Å²) in [6.45, 7) is 0. The van der Waals surface area contributed by atoms with Crippen LogP contribution in [0, 0.1) is 5.92 Å². The minimum Gasteiger partial charge on any atom is -0.271 e. The van der Waals surface area contributed by atoms with Gasteiger partial charge in [0.25, 0.3) is 0 Å². The molecule has 1 unspecified atom stereocenters. The first-order chi connectivity index (χ1) is 8.38. The van der Waals surface area contributed by atoms with Crippen molar-refractivity contribution in [1.82, 2.24) is 10.4 Å². The van der Waals surface area contributed by atoms with Crippen LogP contribution in [0.5, 0.6) is 0 Å². The van der Waals surface area contributed by atoms with Crippen molar-refractivity contribution in [2.24, 2.45) is 11.8 Å². The number of hydrogen-bond acceptors (Lipinski definition) is 3. The Morgan fingerprint density at radius 2 is 2.24 bits per heavy atom. The summed E-state index contributed by atoms with van der Waals surface area (Å²) in [4.78, 5) is 4.14. The van der Waals surface area contributed by atoms with Crippen LogP contribution in [-0.4, -0.2) is 11.0 Å². The molecule has 1 aliphatic rings. The average molecular weight is 233 g/mol. The molecule has 1 fully saturated rings. The van der Waals surface area contributed by atoms with Gasteiger partial charge in [0.1, 0.15) is 0 Å². The number of hydrogen-bond donors (Lipinski definition) is 2. The van der Waals surface area contributed by atoms with E-state index >= 15 is 0 Å². The Hall–Kier alpha value is -0.930. The maximum Gasteiger partial charge on any atom is 0.0300 e. The Labute approximate surface area is 104 Å². The molecule has 1 atom stereocenters. The van der Waals surface area contributed by atoms with Crippen LogP contribution in [0.15, 0.2) is 24.5 Å².